The zero-order valence-electron chi connectivity index (χ0n) is 14.0. The lowest BCUT2D eigenvalue weighted by molar-refractivity contribution is 0.0706. The summed E-state index contributed by atoms with van der Waals surface area (Å²) in [6.45, 7) is 1.51. The van der Waals surface area contributed by atoms with Crippen LogP contribution in [-0.4, -0.2) is 54.3 Å². The molecule has 3 aromatic rings. The normalized spacial score (nSPS) is 17.6. The van der Waals surface area contributed by atoms with Gasteiger partial charge in [-0.25, -0.2) is 0 Å². The summed E-state index contributed by atoms with van der Waals surface area (Å²) in [5.74, 6) is 0.935. The number of carbonyl (C=O) groups is 1. The first-order valence-corrected chi connectivity index (χ1v) is 8.33. The second-order valence-corrected chi connectivity index (χ2v) is 6.28. The molecule has 8 heteroatoms. The first-order valence-electron chi connectivity index (χ1n) is 8.33. The molecule has 1 atom stereocenters. The predicted octanol–water partition coefficient (Wildman–Crippen LogP) is 1.62. The fourth-order valence-electron chi connectivity index (χ4n) is 3.25. The molecule has 1 saturated heterocycles. The average molecular weight is 337 g/mol. The maximum Gasteiger partial charge on any atom is 0.253 e. The van der Waals surface area contributed by atoms with Gasteiger partial charge in [0.1, 0.15) is 0 Å². The van der Waals surface area contributed by atoms with Crippen LogP contribution in [0, 0.1) is 0 Å². The van der Waals surface area contributed by atoms with Crippen molar-refractivity contribution in [1.82, 2.24) is 35.3 Å². The van der Waals surface area contributed by atoms with Gasteiger partial charge in [-0.05, 0) is 36.3 Å². The van der Waals surface area contributed by atoms with Gasteiger partial charge in [0.25, 0.3) is 5.91 Å². The number of carbonyl (C=O) groups excluding carboxylic acids is 1. The molecule has 0 radical (unpaired) electrons. The van der Waals surface area contributed by atoms with Gasteiger partial charge in [0.05, 0.1) is 7.05 Å². The van der Waals surface area contributed by atoms with Crippen LogP contribution in [0.15, 0.2) is 36.5 Å². The van der Waals surface area contributed by atoms with Gasteiger partial charge in [-0.3, -0.25) is 9.89 Å². The predicted molar refractivity (Wildman–Crippen MR) is 90.7 cm³/mol. The molecule has 1 amide bonds. The van der Waals surface area contributed by atoms with Crippen LogP contribution in [0.4, 0.5) is 0 Å². The Hall–Kier alpha value is -3.03. The monoisotopic (exact) mass is 337 g/mol. The van der Waals surface area contributed by atoms with Crippen LogP contribution < -0.4 is 0 Å². The van der Waals surface area contributed by atoms with Crippen LogP contribution in [0.3, 0.4) is 0 Å². The number of benzene rings is 1. The molecule has 1 aliphatic heterocycles. The average Bonchev–Trinajstić information content (AvgIpc) is 3.33. The molecule has 4 rings (SSSR count). The highest BCUT2D eigenvalue weighted by Gasteiger charge is 2.26. The number of nitrogens with zero attached hydrogens (tertiary/aromatic N) is 6. The molecule has 1 N–H and O–H groups in total. The lowest BCUT2D eigenvalue weighted by Gasteiger charge is -2.32. The highest BCUT2D eigenvalue weighted by molar-refractivity contribution is 5.94. The molecule has 0 spiro atoms. The van der Waals surface area contributed by atoms with E-state index in [-0.39, 0.29) is 5.91 Å². The Morgan fingerprint density at radius 3 is 2.76 bits per heavy atom. The maximum absolute atomic E-state index is 12.8. The van der Waals surface area contributed by atoms with Gasteiger partial charge in [0.2, 0.25) is 5.82 Å². The number of hydrogen-bond donors (Lipinski definition) is 1. The van der Waals surface area contributed by atoms with Gasteiger partial charge < -0.3 is 4.90 Å². The van der Waals surface area contributed by atoms with E-state index < -0.39 is 0 Å². The molecule has 0 aliphatic carbocycles. The highest BCUT2D eigenvalue weighted by Crippen LogP contribution is 2.26. The Labute approximate surface area is 144 Å². The van der Waals surface area contributed by atoms with Gasteiger partial charge in [0, 0.05) is 42.0 Å². The summed E-state index contributed by atoms with van der Waals surface area (Å²) in [5.41, 5.74) is 2.62. The number of hydrogen-bond acceptors (Lipinski definition) is 5. The van der Waals surface area contributed by atoms with Crippen LogP contribution >= 0.6 is 0 Å². The first-order chi connectivity index (χ1) is 12.2. The first kappa shape index (κ1) is 15.5. The Morgan fingerprint density at radius 1 is 1.24 bits per heavy atom. The van der Waals surface area contributed by atoms with Crippen LogP contribution in [0.2, 0.25) is 0 Å². The summed E-state index contributed by atoms with van der Waals surface area (Å²) in [6.07, 6.45) is 3.83. The number of H-pyrrole nitrogens is 1. The maximum atomic E-state index is 12.8. The summed E-state index contributed by atoms with van der Waals surface area (Å²) >= 11 is 0. The minimum absolute atomic E-state index is 0.0582. The van der Waals surface area contributed by atoms with Gasteiger partial charge in [-0.15, -0.1) is 10.2 Å². The van der Waals surface area contributed by atoms with Crippen molar-refractivity contribution in [3.8, 4) is 11.4 Å². The van der Waals surface area contributed by atoms with Crippen LogP contribution in [0.5, 0.6) is 0 Å². The summed E-state index contributed by atoms with van der Waals surface area (Å²) in [4.78, 5) is 16.2. The molecule has 25 heavy (non-hydrogen) atoms. The second-order valence-electron chi connectivity index (χ2n) is 6.28. The van der Waals surface area contributed by atoms with Crippen LogP contribution in [0.25, 0.3) is 11.4 Å². The summed E-state index contributed by atoms with van der Waals surface area (Å²) < 4.78 is 0. The lowest BCUT2D eigenvalue weighted by atomic mass is 9.94. The fourth-order valence-corrected chi connectivity index (χ4v) is 3.25. The highest BCUT2D eigenvalue weighted by atomic mass is 16.2. The largest absolute Gasteiger partial charge is 0.338 e. The molecule has 1 aromatic carbocycles. The van der Waals surface area contributed by atoms with Gasteiger partial charge in [-0.2, -0.15) is 9.90 Å². The van der Waals surface area contributed by atoms with E-state index in [1.54, 1.807) is 13.2 Å². The van der Waals surface area contributed by atoms with E-state index in [4.69, 9.17) is 0 Å². The zero-order valence-corrected chi connectivity index (χ0v) is 14.0. The number of nitrogens with one attached hydrogen (secondary N) is 1. The van der Waals surface area contributed by atoms with Crippen molar-refractivity contribution in [2.45, 2.75) is 18.8 Å². The van der Waals surface area contributed by atoms with E-state index in [9.17, 15) is 4.79 Å². The quantitative estimate of drug-likeness (QED) is 0.784. The standard InChI is InChI=1S/C17H19N7O/c1-23-21-16(20-22-23)12-4-6-13(7-5-12)17(25)24-10-2-3-14(11-24)15-8-9-18-19-15/h4-9,14H,2-3,10-11H2,1H3,(H,18,19). The van der Waals surface area contributed by atoms with Crippen molar-refractivity contribution in [3.63, 3.8) is 0 Å². The third-order valence-corrected chi connectivity index (χ3v) is 4.57. The Morgan fingerprint density at radius 2 is 2.08 bits per heavy atom. The molecule has 2 aromatic heterocycles. The molecule has 1 unspecified atom stereocenters. The van der Waals surface area contributed by atoms with Crippen LogP contribution in [-0.2, 0) is 7.05 Å². The topological polar surface area (TPSA) is 92.6 Å². The lowest BCUT2D eigenvalue weighted by Crippen LogP contribution is -2.39. The van der Waals surface area contributed by atoms with Crippen LogP contribution in [0.1, 0.15) is 34.8 Å². The van der Waals surface area contributed by atoms with E-state index in [0.717, 1.165) is 30.6 Å². The number of rotatable bonds is 3. The number of tetrazole rings is 1. The van der Waals surface area contributed by atoms with Gasteiger partial charge >= 0.3 is 0 Å². The van der Waals surface area contributed by atoms with Crippen molar-refractivity contribution in [1.29, 1.82) is 0 Å². The number of amides is 1. The summed E-state index contributed by atoms with van der Waals surface area (Å²) in [7, 11) is 1.72. The van der Waals surface area contributed by atoms with E-state index >= 15 is 0 Å². The van der Waals surface area contributed by atoms with E-state index in [0.29, 0.717) is 23.9 Å². The molecule has 1 aliphatic rings. The third kappa shape index (κ3) is 3.15. The summed E-state index contributed by atoms with van der Waals surface area (Å²) in [5, 5.41) is 19.0. The Kier molecular flexibility index (Phi) is 4.01. The minimum Gasteiger partial charge on any atom is -0.338 e. The van der Waals surface area contributed by atoms with E-state index in [1.165, 1.54) is 4.80 Å². The SMILES string of the molecule is Cn1nnc(-c2ccc(C(=O)N3CCCC(c4ccn[nH]4)C3)cc2)n1. The molecule has 0 saturated carbocycles. The second kappa shape index (κ2) is 6.46. The number of aryl methyl sites for hydroxylation is 1. The van der Waals surface area contributed by atoms with E-state index in [2.05, 4.69) is 25.6 Å². The van der Waals surface area contributed by atoms with E-state index in [1.807, 2.05) is 35.2 Å². The molecule has 8 nitrogen and oxygen atoms in total. The van der Waals surface area contributed by atoms with Crippen molar-refractivity contribution in [2.75, 3.05) is 13.1 Å². The van der Waals surface area contributed by atoms with Crippen molar-refractivity contribution < 1.29 is 4.79 Å². The molecule has 0 bridgehead atoms. The third-order valence-electron chi connectivity index (χ3n) is 4.57. The Balaban J connectivity index is 1.48. The molecule has 128 valence electrons. The van der Waals surface area contributed by atoms with Crippen molar-refractivity contribution in [2.24, 2.45) is 7.05 Å². The zero-order chi connectivity index (χ0) is 17.2. The molecule has 1 fully saturated rings. The van der Waals surface area contributed by atoms with Gasteiger partial charge in [-0.1, -0.05) is 12.1 Å². The minimum atomic E-state index is 0.0582. The van der Waals surface area contributed by atoms with Crippen molar-refractivity contribution >= 4 is 5.91 Å². The molecular weight excluding hydrogens is 318 g/mol. The van der Waals surface area contributed by atoms with Gasteiger partial charge in [0.15, 0.2) is 0 Å². The number of aromatic nitrogens is 6. The number of piperidine rings is 1. The number of likely N-dealkylation sites (tertiary alicyclic amines) is 1. The number of aromatic amines is 1. The fraction of sp³-hybridized carbons (Fsp3) is 0.353. The van der Waals surface area contributed by atoms with Crippen molar-refractivity contribution in [3.05, 3.63) is 47.8 Å². The Bertz CT molecular complexity index is 854. The smallest absolute Gasteiger partial charge is 0.253 e. The molecular formula is C17H19N7O. The molecule has 3 heterocycles. The summed E-state index contributed by atoms with van der Waals surface area (Å²) in [6, 6.07) is 9.37.